The van der Waals surface area contributed by atoms with Gasteiger partial charge < -0.3 is 14.2 Å². The van der Waals surface area contributed by atoms with Gasteiger partial charge in [0.05, 0.1) is 36.2 Å². The van der Waals surface area contributed by atoms with Gasteiger partial charge in [-0.1, -0.05) is 11.6 Å². The Morgan fingerprint density at radius 3 is 2.66 bits per heavy atom. The first-order chi connectivity index (χ1) is 15.5. The van der Waals surface area contributed by atoms with E-state index in [9.17, 15) is 4.79 Å². The summed E-state index contributed by atoms with van der Waals surface area (Å²) in [5.74, 6) is 0.941. The van der Waals surface area contributed by atoms with E-state index in [1.165, 1.54) is 11.3 Å². The van der Waals surface area contributed by atoms with E-state index in [0.717, 1.165) is 27.0 Å². The monoisotopic (exact) mass is 448 g/mol. The number of nitrogens with zero attached hydrogens (tertiary/aromatic N) is 2. The molecule has 4 aromatic rings. The topological polar surface area (TPSA) is 70.5 Å². The molecule has 32 heavy (non-hydrogen) atoms. The van der Waals surface area contributed by atoms with Crippen LogP contribution in [0.4, 0.5) is 0 Å². The second-order valence-electron chi connectivity index (χ2n) is 7.34. The fourth-order valence-electron chi connectivity index (χ4n) is 3.40. The number of hydrogen-bond acceptors (Lipinski definition) is 7. The summed E-state index contributed by atoms with van der Waals surface area (Å²) in [5, 5.41) is 3.62. The molecule has 2 aromatic carbocycles. The average molecular weight is 449 g/mol. The van der Waals surface area contributed by atoms with Crippen LogP contribution in [0.25, 0.3) is 21.5 Å². The Balaban J connectivity index is 1.48. The third kappa shape index (κ3) is 4.57. The summed E-state index contributed by atoms with van der Waals surface area (Å²) in [6.45, 7) is 6.41. The zero-order valence-corrected chi connectivity index (χ0v) is 19.3. The van der Waals surface area contributed by atoms with Crippen LogP contribution in [0.5, 0.6) is 11.5 Å². The quantitative estimate of drug-likeness (QED) is 0.336. The van der Waals surface area contributed by atoms with Crippen LogP contribution in [0.3, 0.4) is 0 Å². The standard InChI is InChI=1S/C25H24N2O4S/c1-5-30-22-9-7-17(12-23(22)29-4)24-27-19(14-32-24)13-31-25(28)20-11-18-10-15(2)6-8-21(18)26-16(20)3/h6-12,14H,5,13H2,1-4H3. The van der Waals surface area contributed by atoms with Crippen LogP contribution in [0, 0.1) is 13.8 Å². The minimum atomic E-state index is -0.407. The normalized spacial score (nSPS) is 10.9. The fraction of sp³-hybridized carbons (Fsp3) is 0.240. The largest absolute Gasteiger partial charge is 0.493 e. The first-order valence-electron chi connectivity index (χ1n) is 10.3. The number of esters is 1. The van der Waals surface area contributed by atoms with E-state index in [-0.39, 0.29) is 6.61 Å². The highest BCUT2D eigenvalue weighted by atomic mass is 32.1. The molecule has 7 heteroatoms. The average Bonchev–Trinajstić information content (AvgIpc) is 3.27. The Bertz CT molecular complexity index is 1280. The molecule has 0 aliphatic rings. The minimum Gasteiger partial charge on any atom is -0.493 e. The van der Waals surface area contributed by atoms with Gasteiger partial charge in [0.2, 0.25) is 0 Å². The summed E-state index contributed by atoms with van der Waals surface area (Å²) in [7, 11) is 1.61. The summed E-state index contributed by atoms with van der Waals surface area (Å²) >= 11 is 1.48. The fourth-order valence-corrected chi connectivity index (χ4v) is 4.20. The van der Waals surface area contributed by atoms with Crippen LogP contribution in [0.15, 0.2) is 47.8 Å². The predicted octanol–water partition coefficient (Wildman–Crippen LogP) is 5.74. The number of pyridine rings is 1. The van der Waals surface area contributed by atoms with Crippen molar-refractivity contribution in [2.45, 2.75) is 27.4 Å². The lowest BCUT2D eigenvalue weighted by molar-refractivity contribution is 0.0467. The van der Waals surface area contributed by atoms with Gasteiger partial charge in [-0.15, -0.1) is 11.3 Å². The number of fused-ring (bicyclic) bond motifs is 1. The lowest BCUT2D eigenvalue weighted by atomic mass is 10.1. The third-order valence-corrected chi connectivity index (χ3v) is 5.93. The summed E-state index contributed by atoms with van der Waals surface area (Å²) in [6.07, 6.45) is 0. The van der Waals surface area contributed by atoms with E-state index >= 15 is 0 Å². The molecule has 0 saturated carbocycles. The smallest absolute Gasteiger partial charge is 0.340 e. The number of benzene rings is 2. The number of methoxy groups -OCH3 is 1. The number of carbonyl (C=O) groups excluding carboxylic acids is 1. The first-order valence-corrected chi connectivity index (χ1v) is 11.2. The van der Waals surface area contributed by atoms with Gasteiger partial charge in [-0.25, -0.2) is 9.78 Å². The maximum absolute atomic E-state index is 12.7. The second-order valence-corrected chi connectivity index (χ2v) is 8.19. The molecule has 0 spiro atoms. The Hall–Kier alpha value is -3.45. The van der Waals surface area contributed by atoms with Gasteiger partial charge in [0.15, 0.2) is 11.5 Å². The van der Waals surface area contributed by atoms with Crippen molar-refractivity contribution < 1.29 is 19.0 Å². The highest BCUT2D eigenvalue weighted by molar-refractivity contribution is 7.13. The zero-order chi connectivity index (χ0) is 22.7. The van der Waals surface area contributed by atoms with Gasteiger partial charge in [0.25, 0.3) is 0 Å². The van der Waals surface area contributed by atoms with Crippen LogP contribution in [0.1, 0.15) is 34.2 Å². The van der Waals surface area contributed by atoms with Crippen molar-refractivity contribution in [3.63, 3.8) is 0 Å². The molecule has 6 nitrogen and oxygen atoms in total. The molecule has 0 bridgehead atoms. The Morgan fingerprint density at radius 1 is 1.03 bits per heavy atom. The van der Waals surface area contributed by atoms with E-state index in [1.807, 2.05) is 68.6 Å². The van der Waals surface area contributed by atoms with E-state index in [1.54, 1.807) is 7.11 Å². The van der Waals surface area contributed by atoms with Crippen molar-refractivity contribution in [1.82, 2.24) is 9.97 Å². The lowest BCUT2D eigenvalue weighted by Crippen LogP contribution is -2.08. The molecular weight excluding hydrogens is 424 g/mol. The van der Waals surface area contributed by atoms with Crippen LogP contribution in [0.2, 0.25) is 0 Å². The van der Waals surface area contributed by atoms with Crippen molar-refractivity contribution >= 4 is 28.2 Å². The molecule has 0 N–H and O–H groups in total. The molecule has 2 aromatic heterocycles. The molecule has 0 unspecified atom stereocenters. The molecule has 0 aliphatic carbocycles. The number of carbonyl (C=O) groups is 1. The number of rotatable bonds is 7. The first kappa shape index (κ1) is 21.8. The number of aryl methyl sites for hydroxylation is 2. The molecule has 0 fully saturated rings. The number of ether oxygens (including phenoxy) is 3. The van der Waals surface area contributed by atoms with Crippen molar-refractivity contribution in [1.29, 1.82) is 0 Å². The number of hydrogen-bond donors (Lipinski definition) is 0. The van der Waals surface area contributed by atoms with Gasteiger partial charge in [0.1, 0.15) is 11.6 Å². The lowest BCUT2D eigenvalue weighted by Gasteiger charge is -2.10. The SMILES string of the molecule is CCOc1ccc(-c2nc(COC(=O)c3cc4cc(C)ccc4nc3C)cs2)cc1OC. The van der Waals surface area contributed by atoms with Crippen molar-refractivity contribution in [2.24, 2.45) is 0 Å². The zero-order valence-electron chi connectivity index (χ0n) is 18.5. The molecule has 2 heterocycles. The molecule has 0 saturated heterocycles. The van der Waals surface area contributed by atoms with Crippen LogP contribution >= 0.6 is 11.3 Å². The highest BCUT2D eigenvalue weighted by Gasteiger charge is 2.15. The van der Waals surface area contributed by atoms with E-state index in [2.05, 4.69) is 9.97 Å². The maximum Gasteiger partial charge on any atom is 0.340 e. The predicted molar refractivity (Wildman–Crippen MR) is 126 cm³/mol. The van der Waals surface area contributed by atoms with Crippen molar-refractivity contribution in [3.05, 3.63) is 70.4 Å². The Labute approximate surface area is 190 Å². The molecule has 0 atom stereocenters. The van der Waals surface area contributed by atoms with E-state index < -0.39 is 5.97 Å². The highest BCUT2D eigenvalue weighted by Crippen LogP contribution is 2.34. The molecule has 0 radical (unpaired) electrons. The molecule has 0 amide bonds. The Kier molecular flexibility index (Phi) is 6.37. The summed E-state index contributed by atoms with van der Waals surface area (Å²) in [5.41, 5.74) is 4.69. The molecular formula is C25H24N2O4S. The van der Waals surface area contributed by atoms with Gasteiger partial charge in [-0.05, 0) is 57.2 Å². The number of thiazole rings is 1. The third-order valence-electron chi connectivity index (χ3n) is 4.99. The number of aromatic nitrogens is 2. The van der Waals surface area contributed by atoms with Crippen LogP contribution in [-0.4, -0.2) is 29.7 Å². The van der Waals surface area contributed by atoms with Crippen LogP contribution in [-0.2, 0) is 11.3 Å². The summed E-state index contributed by atoms with van der Waals surface area (Å²) in [4.78, 5) is 21.9. The molecule has 164 valence electrons. The maximum atomic E-state index is 12.7. The van der Waals surface area contributed by atoms with Crippen molar-refractivity contribution in [2.75, 3.05) is 13.7 Å². The van der Waals surface area contributed by atoms with Gasteiger partial charge in [0, 0.05) is 16.3 Å². The van der Waals surface area contributed by atoms with E-state index in [0.29, 0.717) is 35.1 Å². The summed E-state index contributed by atoms with van der Waals surface area (Å²) in [6, 6.07) is 13.5. The second kappa shape index (κ2) is 9.36. The summed E-state index contributed by atoms with van der Waals surface area (Å²) < 4.78 is 16.5. The Morgan fingerprint density at radius 2 is 1.88 bits per heavy atom. The van der Waals surface area contributed by atoms with Gasteiger partial charge >= 0.3 is 5.97 Å². The van der Waals surface area contributed by atoms with Gasteiger partial charge in [-0.2, -0.15) is 0 Å². The van der Waals surface area contributed by atoms with Crippen molar-refractivity contribution in [3.8, 4) is 22.1 Å². The van der Waals surface area contributed by atoms with Crippen LogP contribution < -0.4 is 9.47 Å². The minimum absolute atomic E-state index is 0.0921. The van der Waals surface area contributed by atoms with E-state index in [4.69, 9.17) is 14.2 Å². The van der Waals surface area contributed by atoms with Gasteiger partial charge in [-0.3, -0.25) is 4.98 Å². The molecule has 4 rings (SSSR count). The molecule has 0 aliphatic heterocycles.